The highest BCUT2D eigenvalue weighted by molar-refractivity contribution is 9.11. The fraction of sp³-hybridized carbons (Fsp3) is 0.333. The molecule has 0 aliphatic rings. The molecule has 21 heavy (non-hydrogen) atoms. The van der Waals surface area contributed by atoms with E-state index >= 15 is 0 Å². The summed E-state index contributed by atoms with van der Waals surface area (Å²) in [6.07, 6.45) is 3.62. The van der Waals surface area contributed by atoms with Gasteiger partial charge in [0.25, 0.3) is 0 Å². The molecule has 0 fully saturated rings. The molecule has 0 saturated carbocycles. The average molecular weight is 396 g/mol. The summed E-state index contributed by atoms with van der Waals surface area (Å²) in [4.78, 5) is 23.5. The molecule has 0 radical (unpaired) electrons. The van der Waals surface area contributed by atoms with Gasteiger partial charge >= 0.3 is 5.97 Å². The largest absolute Gasteiger partial charge is 0.480 e. The highest BCUT2D eigenvalue weighted by Gasteiger charge is 2.20. The van der Waals surface area contributed by atoms with Crippen molar-refractivity contribution in [2.24, 2.45) is 0 Å². The first kappa shape index (κ1) is 17.9. The number of thiophene rings is 1. The molecule has 1 atom stereocenters. The lowest BCUT2D eigenvalue weighted by Crippen LogP contribution is -2.41. The molecule has 0 bridgehead atoms. The maximum atomic E-state index is 11.6. The third kappa shape index (κ3) is 7.39. The lowest BCUT2D eigenvalue weighted by Gasteiger charge is -2.12. The number of sulfone groups is 1. The molecule has 0 aliphatic heterocycles. The van der Waals surface area contributed by atoms with Crippen LogP contribution >= 0.6 is 27.3 Å². The standard InChI is InChI=1S/C12H14BrNO5S2/c1-21(18,19)7-6-9(12(16)17)14-11(15)5-3-8-2-4-10(13)20-8/h2-5,9H,6-7H2,1H3,(H,14,15)(H,16,17)/b5-3+. The van der Waals surface area contributed by atoms with E-state index in [1.165, 1.54) is 17.4 Å². The van der Waals surface area contributed by atoms with Gasteiger partial charge in [-0.3, -0.25) is 4.79 Å². The number of nitrogens with one attached hydrogen (secondary N) is 1. The molecule has 1 unspecified atom stereocenters. The summed E-state index contributed by atoms with van der Waals surface area (Å²) in [7, 11) is -3.28. The van der Waals surface area contributed by atoms with Crippen molar-refractivity contribution in [3.8, 4) is 0 Å². The van der Waals surface area contributed by atoms with Crippen LogP contribution in [0.3, 0.4) is 0 Å². The first-order valence-corrected chi connectivity index (χ1v) is 9.49. The molecular formula is C12H14BrNO5S2. The molecular weight excluding hydrogens is 382 g/mol. The minimum absolute atomic E-state index is 0.168. The van der Waals surface area contributed by atoms with Crippen molar-refractivity contribution >= 4 is 55.1 Å². The molecule has 1 heterocycles. The van der Waals surface area contributed by atoms with Crippen molar-refractivity contribution in [2.45, 2.75) is 12.5 Å². The Morgan fingerprint density at radius 3 is 2.62 bits per heavy atom. The second-order valence-electron chi connectivity index (χ2n) is 4.29. The molecule has 0 spiro atoms. The van der Waals surface area contributed by atoms with E-state index in [1.807, 2.05) is 6.07 Å². The molecule has 6 nitrogen and oxygen atoms in total. The molecule has 0 saturated heterocycles. The van der Waals surface area contributed by atoms with Gasteiger partial charge in [0, 0.05) is 17.2 Å². The molecule has 1 aromatic heterocycles. The fourth-order valence-electron chi connectivity index (χ4n) is 1.38. The van der Waals surface area contributed by atoms with Crippen LogP contribution in [0.2, 0.25) is 0 Å². The van der Waals surface area contributed by atoms with Gasteiger partial charge in [0.15, 0.2) is 0 Å². The maximum Gasteiger partial charge on any atom is 0.326 e. The van der Waals surface area contributed by atoms with Crippen LogP contribution in [0.15, 0.2) is 22.0 Å². The van der Waals surface area contributed by atoms with Crippen LogP contribution in [0, 0.1) is 0 Å². The quantitative estimate of drug-likeness (QED) is 0.681. The van der Waals surface area contributed by atoms with Gasteiger partial charge in [-0.2, -0.15) is 0 Å². The van der Waals surface area contributed by atoms with Crippen LogP contribution in [-0.2, 0) is 19.4 Å². The summed E-state index contributed by atoms with van der Waals surface area (Å²) in [6.45, 7) is 0. The minimum Gasteiger partial charge on any atom is -0.480 e. The molecule has 2 N–H and O–H groups in total. The smallest absolute Gasteiger partial charge is 0.326 e. The number of halogens is 1. The number of aliphatic carboxylic acids is 1. The SMILES string of the molecule is CS(=O)(=O)CCC(NC(=O)/C=C/c1ccc(Br)s1)C(=O)O. The Balaban J connectivity index is 2.60. The van der Waals surface area contributed by atoms with Crippen molar-refractivity contribution in [1.29, 1.82) is 0 Å². The number of hydrogen-bond donors (Lipinski definition) is 2. The van der Waals surface area contributed by atoms with Gasteiger partial charge < -0.3 is 10.4 Å². The number of carbonyl (C=O) groups is 2. The van der Waals surface area contributed by atoms with Crippen LogP contribution in [0.1, 0.15) is 11.3 Å². The molecule has 1 aromatic rings. The summed E-state index contributed by atoms with van der Waals surface area (Å²) in [5.41, 5.74) is 0. The van der Waals surface area contributed by atoms with E-state index in [0.717, 1.165) is 14.9 Å². The zero-order valence-electron chi connectivity index (χ0n) is 11.1. The van der Waals surface area contributed by atoms with Gasteiger partial charge in [-0.25, -0.2) is 13.2 Å². The van der Waals surface area contributed by atoms with Crippen molar-refractivity contribution in [3.05, 3.63) is 26.9 Å². The fourth-order valence-corrected chi connectivity index (χ4v) is 3.37. The molecule has 0 aliphatic carbocycles. The van der Waals surface area contributed by atoms with Gasteiger partial charge in [0.05, 0.1) is 9.54 Å². The van der Waals surface area contributed by atoms with Crippen LogP contribution in [0.5, 0.6) is 0 Å². The van der Waals surface area contributed by atoms with E-state index in [-0.39, 0.29) is 12.2 Å². The van der Waals surface area contributed by atoms with E-state index in [4.69, 9.17) is 5.11 Å². The first-order chi connectivity index (χ1) is 9.67. The van der Waals surface area contributed by atoms with Gasteiger partial charge in [0.1, 0.15) is 15.9 Å². The molecule has 9 heteroatoms. The summed E-state index contributed by atoms with van der Waals surface area (Å²) < 4.78 is 23.0. The van der Waals surface area contributed by atoms with Gasteiger partial charge in [-0.15, -0.1) is 11.3 Å². The van der Waals surface area contributed by atoms with E-state index in [2.05, 4.69) is 21.2 Å². The Labute approximate surface area is 134 Å². The second-order valence-corrected chi connectivity index (χ2v) is 9.05. The predicted octanol–water partition coefficient (Wildman–Crippen LogP) is 1.53. The summed E-state index contributed by atoms with van der Waals surface area (Å²) in [5.74, 6) is -2.15. The van der Waals surface area contributed by atoms with E-state index < -0.39 is 27.8 Å². The van der Waals surface area contributed by atoms with Gasteiger partial charge in [0.2, 0.25) is 5.91 Å². The van der Waals surface area contributed by atoms with Crippen molar-refractivity contribution in [3.63, 3.8) is 0 Å². The van der Waals surface area contributed by atoms with Crippen LogP contribution in [0.4, 0.5) is 0 Å². The first-order valence-electron chi connectivity index (χ1n) is 5.82. The topological polar surface area (TPSA) is 101 Å². The predicted molar refractivity (Wildman–Crippen MR) is 84.9 cm³/mol. The Hall–Kier alpha value is -1.19. The Morgan fingerprint density at radius 2 is 2.14 bits per heavy atom. The number of amides is 1. The summed E-state index contributed by atoms with van der Waals surface area (Å²) in [6, 6.07) is 2.40. The monoisotopic (exact) mass is 395 g/mol. The number of rotatable bonds is 7. The van der Waals surface area contributed by atoms with E-state index in [0.29, 0.717) is 0 Å². The maximum absolute atomic E-state index is 11.6. The molecule has 1 amide bonds. The molecule has 116 valence electrons. The normalized spacial score (nSPS) is 13.2. The summed E-state index contributed by atoms with van der Waals surface area (Å²) >= 11 is 4.71. The third-order valence-corrected chi connectivity index (χ3v) is 4.95. The number of hydrogen-bond acceptors (Lipinski definition) is 5. The van der Waals surface area contributed by atoms with Crippen molar-refractivity contribution in [1.82, 2.24) is 5.32 Å². The lowest BCUT2D eigenvalue weighted by atomic mass is 10.2. The van der Waals surface area contributed by atoms with Crippen LogP contribution < -0.4 is 5.32 Å². The Kier molecular flexibility index (Phi) is 6.56. The second kappa shape index (κ2) is 7.71. The molecule has 1 rings (SSSR count). The van der Waals surface area contributed by atoms with Crippen LogP contribution in [-0.4, -0.2) is 43.5 Å². The number of carboxylic acid groups (broad SMARTS) is 1. The summed E-state index contributed by atoms with van der Waals surface area (Å²) in [5, 5.41) is 11.2. The van der Waals surface area contributed by atoms with Crippen LogP contribution in [0.25, 0.3) is 6.08 Å². The average Bonchev–Trinajstić information content (AvgIpc) is 2.76. The Morgan fingerprint density at radius 1 is 1.48 bits per heavy atom. The molecule has 0 aromatic carbocycles. The number of carboxylic acids is 1. The number of carbonyl (C=O) groups excluding carboxylic acids is 1. The zero-order chi connectivity index (χ0) is 16.0. The van der Waals surface area contributed by atoms with E-state index in [9.17, 15) is 18.0 Å². The Bertz CT molecular complexity index is 650. The van der Waals surface area contributed by atoms with Crippen molar-refractivity contribution in [2.75, 3.05) is 12.0 Å². The third-order valence-electron chi connectivity index (χ3n) is 2.38. The van der Waals surface area contributed by atoms with Gasteiger partial charge in [-0.05, 0) is 40.6 Å². The minimum atomic E-state index is -3.28. The van der Waals surface area contributed by atoms with Gasteiger partial charge in [-0.1, -0.05) is 0 Å². The van der Waals surface area contributed by atoms with Crippen molar-refractivity contribution < 1.29 is 23.1 Å². The highest BCUT2D eigenvalue weighted by Crippen LogP contribution is 2.22. The lowest BCUT2D eigenvalue weighted by molar-refractivity contribution is -0.141. The zero-order valence-corrected chi connectivity index (χ0v) is 14.3. The van der Waals surface area contributed by atoms with E-state index in [1.54, 1.807) is 12.1 Å². The highest BCUT2D eigenvalue weighted by atomic mass is 79.9.